The minimum atomic E-state index is -0.220. The number of aldehydes is 1. The molecule has 2 aromatic rings. The molecule has 30 heavy (non-hydrogen) atoms. The number of anilines is 1. The van der Waals surface area contributed by atoms with E-state index >= 15 is 0 Å². The summed E-state index contributed by atoms with van der Waals surface area (Å²) in [7, 11) is 1.49. The van der Waals surface area contributed by atoms with Crippen LogP contribution in [-0.2, 0) is 16.1 Å². The van der Waals surface area contributed by atoms with Gasteiger partial charge >= 0.3 is 0 Å². The third kappa shape index (κ3) is 6.06. The van der Waals surface area contributed by atoms with Gasteiger partial charge in [-0.3, -0.25) is 14.5 Å². The van der Waals surface area contributed by atoms with Crippen molar-refractivity contribution in [2.45, 2.75) is 52.6 Å². The van der Waals surface area contributed by atoms with E-state index in [-0.39, 0.29) is 36.7 Å². The lowest BCUT2D eigenvalue weighted by Crippen LogP contribution is -2.41. The van der Waals surface area contributed by atoms with Crippen molar-refractivity contribution in [2.24, 2.45) is 0 Å². The van der Waals surface area contributed by atoms with Crippen LogP contribution in [0.2, 0.25) is 0 Å². The standard InChI is InChI=1S/C22H31N3O5/c1-5-6-7-13-24-21(11-12-23-24)25(17(2)3)22(27)15-29-19-9-8-10-20(18(19)14-26)30-16-28-4/h8-12,14,17H,5-7,13,15-16H2,1-4H3. The summed E-state index contributed by atoms with van der Waals surface area (Å²) in [6.07, 6.45) is 5.57. The van der Waals surface area contributed by atoms with E-state index in [4.69, 9.17) is 14.2 Å². The van der Waals surface area contributed by atoms with Gasteiger partial charge in [0, 0.05) is 25.8 Å². The van der Waals surface area contributed by atoms with E-state index in [0.29, 0.717) is 12.0 Å². The fourth-order valence-electron chi connectivity index (χ4n) is 3.12. The monoisotopic (exact) mass is 417 g/mol. The van der Waals surface area contributed by atoms with Gasteiger partial charge in [0.2, 0.25) is 0 Å². The normalized spacial score (nSPS) is 10.8. The molecule has 0 fully saturated rings. The largest absolute Gasteiger partial charge is 0.483 e. The molecule has 164 valence electrons. The molecule has 8 nitrogen and oxygen atoms in total. The van der Waals surface area contributed by atoms with Crippen molar-refractivity contribution in [3.8, 4) is 11.5 Å². The van der Waals surface area contributed by atoms with Gasteiger partial charge in [-0.15, -0.1) is 0 Å². The second-order valence-corrected chi connectivity index (χ2v) is 7.10. The Morgan fingerprint density at radius 3 is 2.57 bits per heavy atom. The highest BCUT2D eigenvalue weighted by Crippen LogP contribution is 2.27. The maximum atomic E-state index is 13.0. The predicted molar refractivity (Wildman–Crippen MR) is 114 cm³/mol. The summed E-state index contributed by atoms with van der Waals surface area (Å²) in [5.74, 6) is 1.14. The number of hydrogen-bond donors (Lipinski definition) is 0. The molecular weight excluding hydrogens is 386 g/mol. The summed E-state index contributed by atoms with van der Waals surface area (Å²) in [5.41, 5.74) is 0.239. The van der Waals surface area contributed by atoms with Crippen LogP contribution in [0.4, 0.5) is 5.82 Å². The first-order valence-electron chi connectivity index (χ1n) is 10.2. The SMILES string of the molecule is CCCCCn1nccc1N(C(=O)COc1cccc(OCOC)c1C=O)C(C)C. The van der Waals surface area contributed by atoms with Crippen LogP contribution in [0.15, 0.2) is 30.5 Å². The number of amides is 1. The molecule has 0 spiro atoms. The molecule has 0 unspecified atom stereocenters. The van der Waals surface area contributed by atoms with Gasteiger partial charge < -0.3 is 14.2 Å². The van der Waals surface area contributed by atoms with E-state index in [1.807, 2.05) is 24.6 Å². The average molecular weight is 418 g/mol. The summed E-state index contributed by atoms with van der Waals surface area (Å²) in [4.78, 5) is 26.2. The third-order valence-electron chi connectivity index (χ3n) is 4.53. The van der Waals surface area contributed by atoms with Crippen molar-refractivity contribution >= 4 is 18.0 Å². The molecule has 0 aliphatic heterocycles. The molecule has 0 atom stereocenters. The highest BCUT2D eigenvalue weighted by Gasteiger charge is 2.23. The molecule has 0 aliphatic rings. The second kappa shape index (κ2) is 12.0. The van der Waals surface area contributed by atoms with Crippen LogP contribution in [-0.4, -0.2) is 48.5 Å². The number of methoxy groups -OCH3 is 1. The van der Waals surface area contributed by atoms with Crippen LogP contribution in [0, 0.1) is 0 Å². The fraction of sp³-hybridized carbons (Fsp3) is 0.500. The van der Waals surface area contributed by atoms with E-state index in [1.165, 1.54) is 7.11 Å². The molecule has 1 amide bonds. The lowest BCUT2D eigenvalue weighted by Gasteiger charge is -2.27. The Hall–Kier alpha value is -2.87. The zero-order valence-corrected chi connectivity index (χ0v) is 18.2. The number of aryl methyl sites for hydroxylation is 1. The highest BCUT2D eigenvalue weighted by molar-refractivity contribution is 5.94. The van der Waals surface area contributed by atoms with Crippen molar-refractivity contribution in [3.63, 3.8) is 0 Å². The molecule has 0 saturated carbocycles. The molecule has 0 aliphatic carbocycles. The van der Waals surface area contributed by atoms with Gasteiger partial charge in [-0.05, 0) is 32.4 Å². The van der Waals surface area contributed by atoms with Crippen molar-refractivity contribution in [3.05, 3.63) is 36.0 Å². The van der Waals surface area contributed by atoms with E-state index < -0.39 is 0 Å². The average Bonchev–Trinajstić information content (AvgIpc) is 3.18. The van der Waals surface area contributed by atoms with Gasteiger partial charge in [0.15, 0.2) is 19.7 Å². The maximum absolute atomic E-state index is 13.0. The van der Waals surface area contributed by atoms with Crippen LogP contribution < -0.4 is 14.4 Å². The summed E-state index contributed by atoms with van der Waals surface area (Å²) in [6, 6.07) is 6.73. The Morgan fingerprint density at radius 1 is 1.20 bits per heavy atom. The quantitative estimate of drug-likeness (QED) is 0.281. The molecule has 0 N–H and O–H groups in total. The minimum Gasteiger partial charge on any atom is -0.483 e. The summed E-state index contributed by atoms with van der Waals surface area (Å²) < 4.78 is 17.8. The van der Waals surface area contributed by atoms with Gasteiger partial charge in [0.05, 0.1) is 11.8 Å². The zero-order chi connectivity index (χ0) is 21.9. The minimum absolute atomic E-state index is 0.00632. The molecule has 2 rings (SSSR count). The van der Waals surface area contributed by atoms with E-state index in [0.717, 1.165) is 31.6 Å². The van der Waals surface area contributed by atoms with Crippen molar-refractivity contribution in [1.82, 2.24) is 9.78 Å². The van der Waals surface area contributed by atoms with E-state index in [9.17, 15) is 9.59 Å². The van der Waals surface area contributed by atoms with E-state index in [2.05, 4.69) is 12.0 Å². The number of rotatable bonds is 13. The molecule has 1 aromatic heterocycles. The number of hydrogen-bond acceptors (Lipinski definition) is 6. The first-order valence-corrected chi connectivity index (χ1v) is 10.2. The van der Waals surface area contributed by atoms with Gasteiger partial charge in [0.1, 0.15) is 17.3 Å². The Bertz CT molecular complexity index is 819. The van der Waals surface area contributed by atoms with Crippen LogP contribution in [0.5, 0.6) is 11.5 Å². The number of carbonyl (C=O) groups is 2. The lowest BCUT2D eigenvalue weighted by molar-refractivity contribution is -0.121. The Morgan fingerprint density at radius 2 is 1.93 bits per heavy atom. The number of carbonyl (C=O) groups excluding carboxylic acids is 2. The fourth-order valence-corrected chi connectivity index (χ4v) is 3.12. The first kappa shape index (κ1) is 23.4. The van der Waals surface area contributed by atoms with Crippen LogP contribution in [0.3, 0.4) is 0 Å². The Kier molecular flexibility index (Phi) is 9.34. The molecule has 1 heterocycles. The van der Waals surface area contributed by atoms with Crippen LogP contribution in [0.25, 0.3) is 0 Å². The summed E-state index contributed by atoms with van der Waals surface area (Å²) in [5, 5.41) is 4.37. The van der Waals surface area contributed by atoms with Gasteiger partial charge in [-0.25, -0.2) is 4.68 Å². The third-order valence-corrected chi connectivity index (χ3v) is 4.53. The zero-order valence-electron chi connectivity index (χ0n) is 18.2. The summed E-state index contributed by atoms with van der Waals surface area (Å²) >= 11 is 0. The van der Waals surface area contributed by atoms with Gasteiger partial charge in [0.25, 0.3) is 5.91 Å². The number of unbranched alkanes of at least 4 members (excludes halogenated alkanes) is 2. The predicted octanol–water partition coefficient (Wildman–Crippen LogP) is 3.69. The topological polar surface area (TPSA) is 82.9 Å². The smallest absolute Gasteiger partial charge is 0.266 e. The van der Waals surface area contributed by atoms with Crippen LogP contribution >= 0.6 is 0 Å². The van der Waals surface area contributed by atoms with Crippen molar-refractivity contribution < 1.29 is 23.8 Å². The summed E-state index contributed by atoms with van der Waals surface area (Å²) in [6.45, 7) is 6.57. The van der Waals surface area contributed by atoms with Gasteiger partial charge in [-0.1, -0.05) is 25.8 Å². The van der Waals surface area contributed by atoms with E-state index in [1.54, 1.807) is 29.3 Å². The molecule has 1 aromatic carbocycles. The van der Waals surface area contributed by atoms with Crippen molar-refractivity contribution in [1.29, 1.82) is 0 Å². The number of nitrogens with zero attached hydrogens (tertiary/aromatic N) is 3. The molecule has 0 saturated heterocycles. The Balaban J connectivity index is 2.14. The number of benzene rings is 1. The molecule has 0 bridgehead atoms. The maximum Gasteiger partial charge on any atom is 0.266 e. The second-order valence-electron chi connectivity index (χ2n) is 7.10. The number of aromatic nitrogens is 2. The number of ether oxygens (including phenoxy) is 3. The Labute approximate surface area is 177 Å². The lowest BCUT2D eigenvalue weighted by atomic mass is 10.2. The molecular formula is C22H31N3O5. The molecule has 8 heteroatoms. The van der Waals surface area contributed by atoms with Gasteiger partial charge in [-0.2, -0.15) is 5.10 Å². The van der Waals surface area contributed by atoms with Crippen LogP contribution in [0.1, 0.15) is 50.4 Å². The van der Waals surface area contributed by atoms with Crippen molar-refractivity contribution in [2.75, 3.05) is 25.4 Å². The highest BCUT2D eigenvalue weighted by atomic mass is 16.7. The first-order chi connectivity index (χ1) is 14.5. The molecule has 0 radical (unpaired) electrons.